The van der Waals surface area contributed by atoms with E-state index in [-0.39, 0.29) is 5.78 Å². The molecule has 0 amide bonds. The maximum atomic E-state index is 11.4. The quantitative estimate of drug-likeness (QED) is 0.675. The molecule has 0 saturated carbocycles. The van der Waals surface area contributed by atoms with Crippen molar-refractivity contribution in [3.63, 3.8) is 0 Å². The topological polar surface area (TPSA) is 61.6 Å². The van der Waals surface area contributed by atoms with Gasteiger partial charge in [0.25, 0.3) is 0 Å². The lowest BCUT2D eigenvalue weighted by atomic mass is 9.77. The van der Waals surface area contributed by atoms with Gasteiger partial charge in [-0.05, 0) is 51.7 Å². The van der Waals surface area contributed by atoms with Gasteiger partial charge in [-0.3, -0.25) is 4.79 Å². The predicted molar refractivity (Wildman–Crippen MR) is 94.6 cm³/mol. The van der Waals surface area contributed by atoms with Crippen LogP contribution in [0.25, 0.3) is 6.08 Å². The molecule has 1 heterocycles. The minimum absolute atomic E-state index is 0.0209. The summed E-state index contributed by atoms with van der Waals surface area (Å²) in [6.07, 6.45) is 1.87. The molecule has 4 nitrogen and oxygen atoms in total. The first-order valence-corrected chi connectivity index (χ1v) is 8.02. The summed E-state index contributed by atoms with van der Waals surface area (Å²) in [6, 6.07) is 5.21. The number of hydrogen-bond donors (Lipinski definition) is 1. The van der Waals surface area contributed by atoms with E-state index in [2.05, 4.69) is 0 Å². The van der Waals surface area contributed by atoms with E-state index in [9.17, 15) is 4.79 Å². The van der Waals surface area contributed by atoms with E-state index in [1.807, 2.05) is 33.8 Å². The van der Waals surface area contributed by atoms with Crippen molar-refractivity contribution in [1.82, 2.24) is 0 Å². The van der Waals surface area contributed by atoms with Crippen LogP contribution in [0.5, 0.6) is 0 Å². The lowest BCUT2D eigenvalue weighted by Gasteiger charge is -2.32. The number of Topliss-reactive ketones (excluding diaryl/α,β-unsaturated/α-hetero) is 1. The number of rotatable bonds is 4. The van der Waals surface area contributed by atoms with Crippen molar-refractivity contribution in [1.29, 1.82) is 0 Å². The molecule has 23 heavy (non-hydrogen) atoms. The Labute approximate surface area is 143 Å². The highest BCUT2D eigenvalue weighted by Gasteiger charge is 2.52. The van der Waals surface area contributed by atoms with Crippen LogP contribution in [-0.4, -0.2) is 30.6 Å². The largest absolute Gasteiger partial charge is 0.491 e. The molecule has 0 spiro atoms. The van der Waals surface area contributed by atoms with Crippen molar-refractivity contribution in [2.45, 2.75) is 45.8 Å². The van der Waals surface area contributed by atoms with Gasteiger partial charge in [-0.1, -0.05) is 29.8 Å². The summed E-state index contributed by atoms with van der Waals surface area (Å²) in [5, 5.41) is 0.500. The third-order valence-corrected chi connectivity index (χ3v) is 4.87. The Bertz CT molecular complexity index is 639. The summed E-state index contributed by atoms with van der Waals surface area (Å²) in [5.41, 5.74) is 7.21. The fraction of sp³-hybridized carbons (Fsp3) is 0.471. The molecule has 0 unspecified atom stereocenters. The molecule has 0 atom stereocenters. The Balaban J connectivity index is 2.32. The first-order valence-electron chi connectivity index (χ1n) is 7.64. The molecular formula is C17H23BClNO3. The zero-order valence-electron chi connectivity index (χ0n) is 14.3. The van der Waals surface area contributed by atoms with Crippen LogP contribution in [0.1, 0.15) is 50.5 Å². The minimum Gasteiger partial charge on any atom is -0.400 e. The van der Waals surface area contributed by atoms with Crippen LogP contribution in [0.4, 0.5) is 0 Å². The normalized spacial score (nSPS) is 20.0. The number of carbonyl (C=O) groups excluding carboxylic acids is 1. The molecule has 0 aliphatic carbocycles. The summed E-state index contributed by atoms with van der Waals surface area (Å²) in [7, 11) is -0.506. The number of hydrogen-bond acceptors (Lipinski definition) is 4. The second kappa shape index (κ2) is 6.40. The highest BCUT2D eigenvalue weighted by Crippen LogP contribution is 2.38. The number of halogens is 1. The molecule has 1 saturated heterocycles. The monoisotopic (exact) mass is 335 g/mol. The summed E-state index contributed by atoms with van der Waals surface area (Å²) in [6.45, 7) is 9.79. The summed E-state index contributed by atoms with van der Waals surface area (Å²) < 4.78 is 12.0. The predicted octanol–water partition coefficient (Wildman–Crippen LogP) is 3.52. The third-order valence-electron chi connectivity index (χ3n) is 4.54. The van der Waals surface area contributed by atoms with E-state index in [0.717, 1.165) is 11.0 Å². The molecule has 1 aromatic rings. The Hall–Kier alpha value is -1.14. The maximum Gasteiger partial charge on any atom is 0.491 e. The van der Waals surface area contributed by atoms with Gasteiger partial charge in [0.1, 0.15) is 0 Å². The Morgan fingerprint density at radius 2 is 1.83 bits per heavy atom. The molecule has 1 fully saturated rings. The van der Waals surface area contributed by atoms with Gasteiger partial charge in [-0.25, -0.2) is 0 Å². The van der Waals surface area contributed by atoms with Crippen molar-refractivity contribution in [2.75, 3.05) is 6.54 Å². The molecule has 1 aromatic carbocycles. The number of carbonyl (C=O) groups is 1. The van der Waals surface area contributed by atoms with Crippen molar-refractivity contribution in [3.8, 4) is 0 Å². The van der Waals surface area contributed by atoms with Gasteiger partial charge < -0.3 is 15.0 Å². The van der Waals surface area contributed by atoms with E-state index in [0.29, 0.717) is 17.1 Å². The minimum atomic E-state index is -0.506. The first kappa shape index (κ1) is 18.2. The third kappa shape index (κ3) is 3.69. The lowest BCUT2D eigenvalue weighted by Crippen LogP contribution is -2.41. The zero-order chi connectivity index (χ0) is 17.4. The van der Waals surface area contributed by atoms with Gasteiger partial charge in [0, 0.05) is 17.1 Å². The molecule has 6 heteroatoms. The van der Waals surface area contributed by atoms with E-state index < -0.39 is 18.3 Å². The van der Waals surface area contributed by atoms with Crippen molar-refractivity contribution >= 4 is 30.6 Å². The second-order valence-corrected chi connectivity index (χ2v) is 7.21. The SMILES string of the molecule is CC(=O)c1ccc(C=C(CN)B2OC(C)(C)C(C)(C)O2)c(Cl)c1. The van der Waals surface area contributed by atoms with Crippen LogP contribution in [0.2, 0.25) is 5.02 Å². The van der Waals surface area contributed by atoms with Crippen LogP contribution >= 0.6 is 11.6 Å². The van der Waals surface area contributed by atoms with E-state index in [1.165, 1.54) is 6.92 Å². The van der Waals surface area contributed by atoms with Crippen LogP contribution in [-0.2, 0) is 9.31 Å². The summed E-state index contributed by atoms with van der Waals surface area (Å²) >= 11 is 6.27. The molecule has 0 radical (unpaired) electrons. The molecule has 2 N–H and O–H groups in total. The molecule has 124 valence electrons. The highest BCUT2D eigenvalue weighted by molar-refractivity contribution is 6.56. The number of benzene rings is 1. The molecule has 2 rings (SSSR count). The highest BCUT2D eigenvalue weighted by atomic mass is 35.5. The van der Waals surface area contributed by atoms with E-state index in [4.69, 9.17) is 26.6 Å². The number of ketones is 1. The maximum absolute atomic E-state index is 11.4. The van der Waals surface area contributed by atoms with Crippen LogP contribution < -0.4 is 5.73 Å². The van der Waals surface area contributed by atoms with Gasteiger partial charge in [0.05, 0.1) is 11.2 Å². The van der Waals surface area contributed by atoms with Gasteiger partial charge in [-0.15, -0.1) is 0 Å². The molecule has 0 aromatic heterocycles. The van der Waals surface area contributed by atoms with Gasteiger partial charge in [0.2, 0.25) is 0 Å². The fourth-order valence-electron chi connectivity index (χ4n) is 2.28. The lowest BCUT2D eigenvalue weighted by molar-refractivity contribution is 0.00578. The number of nitrogens with two attached hydrogens (primary N) is 1. The van der Waals surface area contributed by atoms with E-state index in [1.54, 1.807) is 18.2 Å². The smallest absolute Gasteiger partial charge is 0.400 e. The van der Waals surface area contributed by atoms with E-state index >= 15 is 0 Å². The first-order chi connectivity index (χ1) is 10.6. The standard InChI is InChI=1S/C17H23BClNO3/c1-11(21)12-6-7-13(15(19)9-12)8-14(10-20)18-22-16(2,3)17(4,5)23-18/h6-9H,10,20H2,1-5H3. The average Bonchev–Trinajstić information content (AvgIpc) is 2.65. The molecule has 0 bridgehead atoms. The summed E-state index contributed by atoms with van der Waals surface area (Å²) in [4.78, 5) is 11.4. The second-order valence-electron chi connectivity index (χ2n) is 6.80. The van der Waals surface area contributed by atoms with Crippen LogP contribution in [0.3, 0.4) is 0 Å². The van der Waals surface area contributed by atoms with Gasteiger partial charge in [0.15, 0.2) is 5.78 Å². The summed E-state index contributed by atoms with van der Waals surface area (Å²) in [5.74, 6) is -0.0209. The van der Waals surface area contributed by atoms with Crippen LogP contribution in [0.15, 0.2) is 23.7 Å². The Kier molecular flexibility index (Phi) is 5.07. The van der Waals surface area contributed by atoms with Gasteiger partial charge in [-0.2, -0.15) is 0 Å². The van der Waals surface area contributed by atoms with Crippen molar-refractivity contribution < 1.29 is 14.1 Å². The Morgan fingerprint density at radius 1 is 1.26 bits per heavy atom. The average molecular weight is 336 g/mol. The fourth-order valence-corrected chi connectivity index (χ4v) is 2.52. The van der Waals surface area contributed by atoms with Gasteiger partial charge >= 0.3 is 7.12 Å². The van der Waals surface area contributed by atoms with Crippen LogP contribution in [0, 0.1) is 0 Å². The van der Waals surface area contributed by atoms with Crippen molar-refractivity contribution in [2.24, 2.45) is 5.73 Å². The van der Waals surface area contributed by atoms with Crippen molar-refractivity contribution in [3.05, 3.63) is 39.8 Å². The molecule has 1 aliphatic rings. The zero-order valence-corrected chi connectivity index (χ0v) is 15.0. The Morgan fingerprint density at radius 3 is 2.26 bits per heavy atom. The molecule has 1 aliphatic heterocycles. The molecular weight excluding hydrogens is 312 g/mol.